The van der Waals surface area contributed by atoms with Gasteiger partial charge in [0.2, 0.25) is 0 Å². The molecule has 1 aromatic heterocycles. The van der Waals surface area contributed by atoms with Crippen molar-refractivity contribution < 1.29 is 14.3 Å². The number of benzene rings is 2. The fourth-order valence-electron chi connectivity index (χ4n) is 4.02. The van der Waals surface area contributed by atoms with Gasteiger partial charge in [-0.1, -0.05) is 41.9 Å². The summed E-state index contributed by atoms with van der Waals surface area (Å²) in [5.41, 5.74) is 1.20. The largest absolute Gasteiger partial charge is 0.465 e. The monoisotopic (exact) mass is 453 g/mol. The number of aromatic amines is 1. The van der Waals surface area contributed by atoms with Crippen molar-refractivity contribution in [3.05, 3.63) is 81.1 Å². The van der Waals surface area contributed by atoms with E-state index < -0.39 is 11.6 Å². The lowest BCUT2D eigenvalue weighted by atomic mass is 10.0. The molecule has 8 heteroatoms. The van der Waals surface area contributed by atoms with Crippen LogP contribution in [0.4, 0.5) is 0 Å². The van der Waals surface area contributed by atoms with Gasteiger partial charge in [0.25, 0.3) is 11.5 Å². The summed E-state index contributed by atoms with van der Waals surface area (Å²) in [7, 11) is 0. The van der Waals surface area contributed by atoms with Crippen molar-refractivity contribution in [2.75, 3.05) is 32.8 Å². The standard InChI is InChI=1S/C24H24ClN3O4/c1-2-32-24(31)21(16-7-9-18(25)10-8-16)27-11-13-28(14-12-27)23(30)19-15-17-5-3-4-6-20(17)26-22(19)29/h3-10,15,21H,2,11-14H2,1H3,(H,26,29). The highest BCUT2D eigenvalue weighted by Crippen LogP contribution is 2.26. The number of para-hydroxylation sites is 1. The number of esters is 1. The first-order valence-corrected chi connectivity index (χ1v) is 10.9. The summed E-state index contributed by atoms with van der Waals surface area (Å²) in [4.78, 5) is 44.7. The van der Waals surface area contributed by atoms with Gasteiger partial charge in [-0.15, -0.1) is 0 Å². The molecule has 1 atom stereocenters. The van der Waals surface area contributed by atoms with E-state index in [2.05, 4.69) is 4.98 Å². The first-order valence-electron chi connectivity index (χ1n) is 10.6. The number of amides is 1. The molecule has 166 valence electrons. The minimum absolute atomic E-state index is 0.122. The average Bonchev–Trinajstić information content (AvgIpc) is 2.80. The second-order valence-electron chi connectivity index (χ2n) is 7.63. The maximum Gasteiger partial charge on any atom is 0.328 e. The Morgan fingerprint density at radius 1 is 1.06 bits per heavy atom. The number of carbonyl (C=O) groups excluding carboxylic acids is 2. The predicted octanol–water partition coefficient (Wildman–Crippen LogP) is 3.24. The molecule has 32 heavy (non-hydrogen) atoms. The average molecular weight is 454 g/mol. The number of hydrogen-bond acceptors (Lipinski definition) is 5. The Balaban J connectivity index is 1.51. The normalized spacial score (nSPS) is 15.5. The summed E-state index contributed by atoms with van der Waals surface area (Å²) < 4.78 is 5.30. The molecule has 1 fully saturated rings. The third-order valence-corrected chi connectivity index (χ3v) is 5.90. The van der Waals surface area contributed by atoms with E-state index in [-0.39, 0.29) is 24.0 Å². The Hall–Kier alpha value is -3.16. The third-order valence-electron chi connectivity index (χ3n) is 5.65. The van der Waals surface area contributed by atoms with Crippen LogP contribution in [0, 0.1) is 0 Å². The molecule has 0 spiro atoms. The van der Waals surface area contributed by atoms with Crippen molar-refractivity contribution >= 4 is 34.4 Å². The fraction of sp³-hybridized carbons (Fsp3) is 0.292. The molecule has 1 aliphatic rings. The Morgan fingerprint density at radius 2 is 1.75 bits per heavy atom. The minimum Gasteiger partial charge on any atom is -0.465 e. The van der Waals surface area contributed by atoms with Gasteiger partial charge in [-0.25, -0.2) is 4.79 Å². The van der Waals surface area contributed by atoms with Gasteiger partial charge in [-0.3, -0.25) is 14.5 Å². The van der Waals surface area contributed by atoms with Gasteiger partial charge in [0.1, 0.15) is 11.6 Å². The van der Waals surface area contributed by atoms with Crippen LogP contribution in [0.15, 0.2) is 59.4 Å². The highest BCUT2D eigenvalue weighted by atomic mass is 35.5. The van der Waals surface area contributed by atoms with Crippen LogP contribution in [0.25, 0.3) is 10.9 Å². The number of carbonyl (C=O) groups is 2. The van der Waals surface area contributed by atoms with Gasteiger partial charge in [0.15, 0.2) is 0 Å². The number of ether oxygens (including phenoxy) is 1. The zero-order chi connectivity index (χ0) is 22.7. The number of hydrogen-bond donors (Lipinski definition) is 1. The van der Waals surface area contributed by atoms with Crippen LogP contribution in [0.1, 0.15) is 28.9 Å². The van der Waals surface area contributed by atoms with Crippen molar-refractivity contribution in [3.63, 3.8) is 0 Å². The molecule has 1 unspecified atom stereocenters. The zero-order valence-corrected chi connectivity index (χ0v) is 18.5. The number of H-pyrrole nitrogens is 1. The van der Waals surface area contributed by atoms with Crippen LogP contribution in [0.2, 0.25) is 5.02 Å². The summed E-state index contributed by atoms with van der Waals surface area (Å²) in [5, 5.41) is 1.39. The molecule has 7 nitrogen and oxygen atoms in total. The lowest BCUT2D eigenvalue weighted by molar-refractivity contribution is -0.150. The SMILES string of the molecule is CCOC(=O)C(c1ccc(Cl)cc1)N1CCN(C(=O)c2cc3ccccc3[nH]c2=O)CC1. The number of nitrogens with one attached hydrogen (secondary N) is 1. The number of fused-ring (bicyclic) bond motifs is 1. The zero-order valence-electron chi connectivity index (χ0n) is 17.7. The number of nitrogens with zero attached hydrogens (tertiary/aromatic N) is 2. The fourth-order valence-corrected chi connectivity index (χ4v) is 4.15. The van der Waals surface area contributed by atoms with E-state index in [1.165, 1.54) is 0 Å². The van der Waals surface area contributed by atoms with Crippen LogP contribution in [-0.2, 0) is 9.53 Å². The maximum atomic E-state index is 13.1. The molecule has 3 aromatic rings. The molecule has 1 amide bonds. The summed E-state index contributed by atoms with van der Waals surface area (Å²) in [6.07, 6.45) is 0. The van der Waals surface area contributed by atoms with E-state index in [1.54, 1.807) is 36.1 Å². The second-order valence-corrected chi connectivity index (χ2v) is 8.07. The molecule has 1 N–H and O–H groups in total. The second kappa shape index (κ2) is 9.54. The number of halogens is 1. The molecular weight excluding hydrogens is 430 g/mol. The van der Waals surface area contributed by atoms with Crippen LogP contribution >= 0.6 is 11.6 Å². The molecule has 0 aliphatic carbocycles. The van der Waals surface area contributed by atoms with E-state index in [0.717, 1.165) is 10.9 Å². The number of pyridine rings is 1. The molecule has 4 rings (SSSR count). The van der Waals surface area contributed by atoms with Gasteiger partial charge < -0.3 is 14.6 Å². The Labute approximate surface area is 190 Å². The predicted molar refractivity (Wildman–Crippen MR) is 123 cm³/mol. The molecule has 2 heterocycles. The highest BCUT2D eigenvalue weighted by molar-refractivity contribution is 6.30. The van der Waals surface area contributed by atoms with E-state index in [9.17, 15) is 14.4 Å². The maximum absolute atomic E-state index is 13.1. The molecule has 2 aromatic carbocycles. The topological polar surface area (TPSA) is 82.7 Å². The molecule has 1 aliphatic heterocycles. The quantitative estimate of drug-likeness (QED) is 0.600. The van der Waals surface area contributed by atoms with Crippen molar-refractivity contribution in [1.82, 2.24) is 14.8 Å². The summed E-state index contributed by atoms with van der Waals surface area (Å²) >= 11 is 6.00. The number of piperazine rings is 1. The van der Waals surface area contributed by atoms with Crippen molar-refractivity contribution in [2.45, 2.75) is 13.0 Å². The third kappa shape index (κ3) is 4.54. The molecule has 0 radical (unpaired) electrons. The Kier molecular flexibility index (Phi) is 6.58. The smallest absolute Gasteiger partial charge is 0.328 e. The van der Waals surface area contributed by atoms with Crippen molar-refractivity contribution in [3.8, 4) is 0 Å². The minimum atomic E-state index is -0.575. The number of rotatable bonds is 5. The summed E-state index contributed by atoms with van der Waals surface area (Å²) in [6.45, 7) is 3.80. The highest BCUT2D eigenvalue weighted by Gasteiger charge is 2.33. The Bertz CT molecular complexity index is 1180. The molecular formula is C24H24ClN3O4. The molecule has 1 saturated heterocycles. The van der Waals surface area contributed by atoms with E-state index in [0.29, 0.717) is 36.7 Å². The lowest BCUT2D eigenvalue weighted by Crippen LogP contribution is -2.51. The lowest BCUT2D eigenvalue weighted by Gasteiger charge is -2.38. The van der Waals surface area contributed by atoms with E-state index in [1.807, 2.05) is 35.2 Å². The van der Waals surface area contributed by atoms with Gasteiger partial charge in [-0.05, 0) is 42.1 Å². The Morgan fingerprint density at radius 3 is 2.44 bits per heavy atom. The van der Waals surface area contributed by atoms with Crippen LogP contribution in [-0.4, -0.2) is 59.4 Å². The van der Waals surface area contributed by atoms with E-state index >= 15 is 0 Å². The van der Waals surface area contributed by atoms with Gasteiger partial charge in [-0.2, -0.15) is 0 Å². The number of aromatic nitrogens is 1. The van der Waals surface area contributed by atoms with Gasteiger partial charge >= 0.3 is 5.97 Å². The van der Waals surface area contributed by atoms with Crippen molar-refractivity contribution in [2.24, 2.45) is 0 Å². The van der Waals surface area contributed by atoms with Crippen LogP contribution < -0.4 is 5.56 Å². The van der Waals surface area contributed by atoms with E-state index in [4.69, 9.17) is 16.3 Å². The summed E-state index contributed by atoms with van der Waals surface area (Å²) in [5.74, 6) is -0.642. The van der Waals surface area contributed by atoms with Crippen LogP contribution in [0.5, 0.6) is 0 Å². The first kappa shape index (κ1) is 22.0. The van der Waals surface area contributed by atoms with Crippen LogP contribution in [0.3, 0.4) is 0 Å². The van der Waals surface area contributed by atoms with Gasteiger partial charge in [0, 0.05) is 36.7 Å². The molecule has 0 bridgehead atoms. The summed E-state index contributed by atoms with van der Waals surface area (Å²) in [6, 6.07) is 15.5. The molecule has 0 saturated carbocycles. The van der Waals surface area contributed by atoms with Gasteiger partial charge in [0.05, 0.1) is 6.61 Å². The van der Waals surface area contributed by atoms with Crippen molar-refractivity contribution in [1.29, 1.82) is 0 Å². The first-order chi connectivity index (χ1) is 15.5.